The number of aromatic nitrogens is 3. The summed E-state index contributed by atoms with van der Waals surface area (Å²) < 4.78 is 1.77. The van der Waals surface area contributed by atoms with Gasteiger partial charge in [0.25, 0.3) is 0 Å². The molecule has 6 nitrogen and oxygen atoms in total. The minimum atomic E-state index is -0.213. The van der Waals surface area contributed by atoms with Crippen molar-refractivity contribution in [3.63, 3.8) is 0 Å². The number of phenols is 1. The van der Waals surface area contributed by atoms with E-state index in [0.717, 1.165) is 0 Å². The quantitative estimate of drug-likeness (QED) is 0.617. The summed E-state index contributed by atoms with van der Waals surface area (Å²) in [6.07, 6.45) is 0. The summed E-state index contributed by atoms with van der Waals surface area (Å²) in [7, 11) is 1.80. The van der Waals surface area contributed by atoms with Gasteiger partial charge in [0.2, 0.25) is 5.91 Å². The standard InChI is InChI=1S/C17H14Cl2N4O2S/c1-23-16(13-6-5-10(18)7-14(13)19)21-22-17(23)26-9-15(25)20-11-3-2-4-12(24)8-11/h2-8,24H,9H2,1H3,(H,20,25). The molecule has 26 heavy (non-hydrogen) atoms. The summed E-state index contributed by atoms with van der Waals surface area (Å²) in [5, 5.41) is 22.0. The Morgan fingerprint density at radius 2 is 2.04 bits per heavy atom. The highest BCUT2D eigenvalue weighted by Crippen LogP contribution is 2.30. The van der Waals surface area contributed by atoms with Gasteiger partial charge in [-0.2, -0.15) is 0 Å². The molecule has 0 saturated carbocycles. The molecule has 0 aliphatic heterocycles. The zero-order valence-corrected chi connectivity index (χ0v) is 15.9. The Morgan fingerprint density at radius 3 is 2.77 bits per heavy atom. The topological polar surface area (TPSA) is 80.0 Å². The van der Waals surface area contributed by atoms with Crippen LogP contribution in [0.25, 0.3) is 11.4 Å². The number of aromatic hydroxyl groups is 1. The van der Waals surface area contributed by atoms with Crippen molar-refractivity contribution in [3.8, 4) is 17.1 Å². The molecule has 1 heterocycles. The molecule has 0 unspecified atom stereocenters. The first-order valence-corrected chi connectivity index (χ1v) is 9.24. The molecule has 0 fully saturated rings. The van der Waals surface area contributed by atoms with E-state index in [1.165, 1.54) is 23.9 Å². The van der Waals surface area contributed by atoms with Crippen molar-refractivity contribution in [3.05, 3.63) is 52.5 Å². The van der Waals surface area contributed by atoms with E-state index in [1.807, 2.05) is 0 Å². The molecule has 0 aliphatic carbocycles. The van der Waals surface area contributed by atoms with Crippen molar-refractivity contribution in [1.82, 2.24) is 14.8 Å². The van der Waals surface area contributed by atoms with Crippen LogP contribution in [0.1, 0.15) is 0 Å². The van der Waals surface area contributed by atoms with Gasteiger partial charge in [0, 0.05) is 29.4 Å². The molecule has 3 aromatic rings. The van der Waals surface area contributed by atoms with Crippen molar-refractivity contribution in [2.24, 2.45) is 7.05 Å². The summed E-state index contributed by atoms with van der Waals surface area (Å²) >= 11 is 13.4. The Hall–Kier alpha value is -2.22. The highest BCUT2D eigenvalue weighted by molar-refractivity contribution is 7.99. The maximum Gasteiger partial charge on any atom is 0.234 e. The third-order valence-corrected chi connectivity index (χ3v) is 5.04. The molecular formula is C17H14Cl2N4O2S. The van der Waals surface area contributed by atoms with Gasteiger partial charge in [0.1, 0.15) is 5.75 Å². The number of anilines is 1. The molecule has 1 aromatic heterocycles. The molecule has 134 valence electrons. The fraction of sp³-hybridized carbons (Fsp3) is 0.118. The minimum absolute atomic E-state index is 0.0910. The number of amides is 1. The fourth-order valence-electron chi connectivity index (χ4n) is 2.26. The zero-order chi connectivity index (χ0) is 18.7. The maximum absolute atomic E-state index is 12.1. The third-order valence-electron chi connectivity index (χ3n) is 3.47. The number of nitrogens with one attached hydrogen (secondary N) is 1. The molecule has 0 spiro atoms. The van der Waals surface area contributed by atoms with Crippen LogP contribution in [0, 0.1) is 0 Å². The van der Waals surface area contributed by atoms with Gasteiger partial charge in [-0.05, 0) is 30.3 Å². The Morgan fingerprint density at radius 1 is 1.23 bits per heavy atom. The van der Waals surface area contributed by atoms with Crippen molar-refractivity contribution < 1.29 is 9.90 Å². The van der Waals surface area contributed by atoms with Gasteiger partial charge in [-0.3, -0.25) is 4.79 Å². The number of carbonyl (C=O) groups excluding carboxylic acids is 1. The predicted octanol–water partition coefficient (Wildman–Crippen LogP) is 4.23. The molecule has 0 saturated heterocycles. The monoisotopic (exact) mass is 408 g/mol. The number of hydrogen-bond acceptors (Lipinski definition) is 5. The molecule has 0 bridgehead atoms. The van der Waals surface area contributed by atoms with Crippen LogP contribution >= 0.6 is 35.0 Å². The zero-order valence-electron chi connectivity index (χ0n) is 13.6. The lowest BCUT2D eigenvalue weighted by Crippen LogP contribution is -2.14. The lowest BCUT2D eigenvalue weighted by Gasteiger charge is -2.07. The number of phenolic OH excluding ortho intramolecular Hbond substituents is 1. The van der Waals surface area contributed by atoms with Gasteiger partial charge >= 0.3 is 0 Å². The van der Waals surface area contributed by atoms with E-state index < -0.39 is 0 Å². The lowest BCUT2D eigenvalue weighted by molar-refractivity contribution is -0.113. The number of halogens is 2. The Kier molecular flexibility index (Phi) is 5.70. The first kappa shape index (κ1) is 18.6. The van der Waals surface area contributed by atoms with E-state index in [0.29, 0.717) is 32.3 Å². The molecule has 2 N–H and O–H groups in total. The smallest absolute Gasteiger partial charge is 0.234 e. The second-order valence-corrected chi connectivity index (χ2v) is 7.16. The second-order valence-electron chi connectivity index (χ2n) is 5.38. The van der Waals surface area contributed by atoms with Crippen molar-refractivity contribution >= 4 is 46.6 Å². The third kappa shape index (κ3) is 4.30. The highest BCUT2D eigenvalue weighted by Gasteiger charge is 2.15. The van der Waals surface area contributed by atoms with Crippen LogP contribution in [-0.2, 0) is 11.8 Å². The number of thioether (sulfide) groups is 1. The van der Waals surface area contributed by atoms with Crippen LogP contribution in [0.4, 0.5) is 5.69 Å². The van der Waals surface area contributed by atoms with Gasteiger partial charge in [-0.25, -0.2) is 0 Å². The molecule has 0 aliphatic rings. The Bertz CT molecular complexity index is 962. The molecule has 0 radical (unpaired) electrons. The van der Waals surface area contributed by atoms with Gasteiger partial charge < -0.3 is 15.0 Å². The van der Waals surface area contributed by atoms with E-state index in [4.69, 9.17) is 23.2 Å². The normalized spacial score (nSPS) is 10.7. The van der Waals surface area contributed by atoms with Crippen LogP contribution in [-0.4, -0.2) is 31.5 Å². The van der Waals surface area contributed by atoms with E-state index in [-0.39, 0.29) is 17.4 Å². The molecule has 3 rings (SSSR count). The van der Waals surface area contributed by atoms with E-state index >= 15 is 0 Å². The van der Waals surface area contributed by atoms with E-state index in [1.54, 1.807) is 41.9 Å². The van der Waals surface area contributed by atoms with Crippen LogP contribution in [0.5, 0.6) is 5.75 Å². The summed E-state index contributed by atoms with van der Waals surface area (Å²) in [6.45, 7) is 0. The molecule has 2 aromatic carbocycles. The predicted molar refractivity (Wildman–Crippen MR) is 104 cm³/mol. The van der Waals surface area contributed by atoms with Crippen LogP contribution in [0.2, 0.25) is 10.0 Å². The fourth-order valence-corrected chi connectivity index (χ4v) is 3.46. The molecule has 0 atom stereocenters. The minimum Gasteiger partial charge on any atom is -0.508 e. The van der Waals surface area contributed by atoms with Gasteiger partial charge in [-0.1, -0.05) is 41.0 Å². The summed E-state index contributed by atoms with van der Waals surface area (Å²) in [5.41, 5.74) is 1.24. The summed E-state index contributed by atoms with van der Waals surface area (Å²) in [4.78, 5) is 12.1. The summed E-state index contributed by atoms with van der Waals surface area (Å²) in [6, 6.07) is 11.5. The van der Waals surface area contributed by atoms with Crippen molar-refractivity contribution in [1.29, 1.82) is 0 Å². The molecular weight excluding hydrogens is 395 g/mol. The number of benzene rings is 2. The van der Waals surface area contributed by atoms with Crippen LogP contribution < -0.4 is 5.32 Å². The lowest BCUT2D eigenvalue weighted by atomic mass is 10.2. The SMILES string of the molecule is Cn1c(SCC(=O)Nc2cccc(O)c2)nnc1-c1ccc(Cl)cc1Cl. The first-order valence-electron chi connectivity index (χ1n) is 7.50. The summed E-state index contributed by atoms with van der Waals surface area (Å²) in [5.74, 6) is 0.612. The van der Waals surface area contributed by atoms with Crippen molar-refractivity contribution in [2.75, 3.05) is 11.1 Å². The largest absolute Gasteiger partial charge is 0.508 e. The van der Waals surface area contributed by atoms with Crippen LogP contribution in [0.3, 0.4) is 0 Å². The number of nitrogens with zero attached hydrogens (tertiary/aromatic N) is 3. The average molecular weight is 409 g/mol. The van der Waals surface area contributed by atoms with E-state index in [9.17, 15) is 9.90 Å². The number of hydrogen-bond donors (Lipinski definition) is 2. The molecule has 1 amide bonds. The first-order chi connectivity index (χ1) is 12.4. The number of carbonyl (C=O) groups is 1. The van der Waals surface area contributed by atoms with Crippen LogP contribution in [0.15, 0.2) is 47.6 Å². The Balaban J connectivity index is 1.68. The maximum atomic E-state index is 12.1. The Labute approximate surface area is 164 Å². The average Bonchev–Trinajstić information content (AvgIpc) is 2.94. The van der Waals surface area contributed by atoms with Gasteiger partial charge in [0.15, 0.2) is 11.0 Å². The van der Waals surface area contributed by atoms with E-state index in [2.05, 4.69) is 15.5 Å². The van der Waals surface area contributed by atoms with Gasteiger partial charge in [0.05, 0.1) is 10.8 Å². The number of rotatable bonds is 5. The highest BCUT2D eigenvalue weighted by atomic mass is 35.5. The second kappa shape index (κ2) is 7.99. The van der Waals surface area contributed by atoms with Crippen molar-refractivity contribution in [2.45, 2.75) is 5.16 Å². The van der Waals surface area contributed by atoms with Gasteiger partial charge in [-0.15, -0.1) is 10.2 Å². The molecule has 9 heteroatoms.